The standard InChI is InChI=1S/C24H29N3O2S/c1-5-14(4)30-24-26-22-21(23(29)27-24)19(16-11-9-15(10-12-16)13(2)3)20-17(25-22)7-6-8-18(20)28/h9-14,19H,5-8H2,1-4H3,(H2,25,26,27,29). The Morgan fingerprint density at radius 3 is 2.53 bits per heavy atom. The SMILES string of the molecule is CCC(C)Sc1nc2c(c(=O)[nH]1)C(c1ccc(C(C)C)cc1)C1=C(CCCC1=O)N2. The molecule has 4 rings (SSSR count). The van der Waals surface area contributed by atoms with Gasteiger partial charge in [-0.2, -0.15) is 0 Å². The molecule has 1 aliphatic heterocycles. The van der Waals surface area contributed by atoms with E-state index in [0.29, 0.717) is 34.1 Å². The average Bonchev–Trinajstić information content (AvgIpc) is 2.72. The average molecular weight is 424 g/mol. The van der Waals surface area contributed by atoms with E-state index in [1.807, 2.05) is 0 Å². The molecule has 30 heavy (non-hydrogen) atoms. The minimum atomic E-state index is -0.371. The largest absolute Gasteiger partial charge is 0.343 e. The molecule has 2 unspecified atom stereocenters. The molecule has 0 saturated carbocycles. The van der Waals surface area contributed by atoms with Crippen molar-refractivity contribution in [2.75, 3.05) is 5.32 Å². The van der Waals surface area contributed by atoms with Gasteiger partial charge in [0.25, 0.3) is 5.56 Å². The Balaban J connectivity index is 1.85. The van der Waals surface area contributed by atoms with Crippen molar-refractivity contribution in [3.8, 4) is 0 Å². The Hall–Kier alpha value is -2.34. The molecule has 2 N–H and O–H groups in total. The minimum Gasteiger partial charge on any atom is -0.343 e. The number of rotatable bonds is 5. The van der Waals surface area contributed by atoms with Crippen molar-refractivity contribution in [2.24, 2.45) is 0 Å². The number of fused-ring (bicyclic) bond motifs is 1. The van der Waals surface area contributed by atoms with Gasteiger partial charge in [-0.3, -0.25) is 9.59 Å². The fraction of sp³-hybridized carbons (Fsp3) is 0.458. The molecule has 5 nitrogen and oxygen atoms in total. The number of Topliss-reactive ketones (excluding diaryl/α,β-unsaturated/α-hetero) is 1. The molecule has 2 heterocycles. The van der Waals surface area contributed by atoms with E-state index >= 15 is 0 Å². The predicted octanol–water partition coefficient (Wildman–Crippen LogP) is 5.35. The molecule has 0 amide bonds. The maximum Gasteiger partial charge on any atom is 0.257 e. The number of nitrogens with zero attached hydrogens (tertiary/aromatic N) is 1. The zero-order chi connectivity index (χ0) is 21.4. The summed E-state index contributed by atoms with van der Waals surface area (Å²) in [5.41, 5.74) is 4.26. The second-order valence-electron chi connectivity index (χ2n) is 8.52. The van der Waals surface area contributed by atoms with Crippen molar-refractivity contribution >= 4 is 23.4 Å². The van der Waals surface area contributed by atoms with Gasteiger partial charge in [0.05, 0.1) is 5.56 Å². The van der Waals surface area contributed by atoms with E-state index in [1.54, 1.807) is 11.8 Å². The van der Waals surface area contributed by atoms with Gasteiger partial charge in [-0.1, -0.05) is 63.7 Å². The highest BCUT2D eigenvalue weighted by atomic mass is 32.2. The van der Waals surface area contributed by atoms with Crippen LogP contribution in [0.5, 0.6) is 0 Å². The third-order valence-corrected chi connectivity index (χ3v) is 7.21. The summed E-state index contributed by atoms with van der Waals surface area (Å²) in [5.74, 6) is 0.778. The molecule has 0 saturated heterocycles. The van der Waals surface area contributed by atoms with Crippen molar-refractivity contribution in [1.82, 2.24) is 9.97 Å². The molecule has 2 aromatic rings. The molecule has 0 radical (unpaired) electrons. The number of hydrogen-bond acceptors (Lipinski definition) is 5. The number of aromatic nitrogens is 2. The van der Waals surface area contributed by atoms with Crippen LogP contribution in [0.3, 0.4) is 0 Å². The smallest absolute Gasteiger partial charge is 0.257 e. The van der Waals surface area contributed by atoms with Gasteiger partial charge >= 0.3 is 0 Å². The van der Waals surface area contributed by atoms with Crippen LogP contribution in [0.15, 0.2) is 45.5 Å². The third kappa shape index (κ3) is 3.85. The summed E-state index contributed by atoms with van der Waals surface area (Å²) in [5, 5.41) is 4.33. The summed E-state index contributed by atoms with van der Waals surface area (Å²) >= 11 is 1.57. The van der Waals surface area contributed by atoms with Crippen LogP contribution in [-0.4, -0.2) is 21.0 Å². The molecular formula is C24H29N3O2S. The number of hydrogen-bond donors (Lipinski definition) is 2. The van der Waals surface area contributed by atoms with Gasteiger partial charge in [-0.15, -0.1) is 0 Å². The lowest BCUT2D eigenvalue weighted by Gasteiger charge is -2.33. The number of thioether (sulfide) groups is 1. The van der Waals surface area contributed by atoms with E-state index in [-0.39, 0.29) is 17.3 Å². The summed E-state index contributed by atoms with van der Waals surface area (Å²) < 4.78 is 0. The maximum atomic E-state index is 13.2. The normalized spacial score (nSPS) is 19.4. The number of aromatic amines is 1. The molecule has 0 bridgehead atoms. The first-order valence-corrected chi connectivity index (χ1v) is 11.7. The first kappa shape index (κ1) is 20.9. The number of carbonyl (C=O) groups excluding carboxylic acids is 1. The lowest BCUT2D eigenvalue weighted by atomic mass is 9.76. The first-order chi connectivity index (χ1) is 14.4. The van der Waals surface area contributed by atoms with Crippen LogP contribution in [-0.2, 0) is 4.79 Å². The van der Waals surface area contributed by atoms with E-state index in [1.165, 1.54) is 5.56 Å². The number of anilines is 1. The number of allylic oxidation sites excluding steroid dienone is 2. The second kappa shape index (κ2) is 8.42. The van der Waals surface area contributed by atoms with Gasteiger partial charge < -0.3 is 10.3 Å². The zero-order valence-electron chi connectivity index (χ0n) is 18.0. The molecular weight excluding hydrogens is 394 g/mol. The predicted molar refractivity (Wildman–Crippen MR) is 122 cm³/mol. The topological polar surface area (TPSA) is 74.8 Å². The van der Waals surface area contributed by atoms with Crippen molar-refractivity contribution in [3.05, 3.63) is 62.6 Å². The van der Waals surface area contributed by atoms with Crippen LogP contribution in [0, 0.1) is 0 Å². The number of ketones is 1. The number of carbonyl (C=O) groups is 1. The molecule has 158 valence electrons. The molecule has 0 fully saturated rings. The lowest BCUT2D eigenvalue weighted by Crippen LogP contribution is -2.32. The monoisotopic (exact) mass is 423 g/mol. The summed E-state index contributed by atoms with van der Waals surface area (Å²) in [6, 6.07) is 8.32. The van der Waals surface area contributed by atoms with Crippen LogP contribution in [0.4, 0.5) is 5.82 Å². The molecule has 1 aromatic carbocycles. The van der Waals surface area contributed by atoms with Gasteiger partial charge in [-0.05, 0) is 36.3 Å². The summed E-state index contributed by atoms with van der Waals surface area (Å²) in [6.07, 6.45) is 3.16. The quantitative estimate of drug-likeness (QED) is 0.501. The number of H-pyrrole nitrogens is 1. The third-order valence-electron chi connectivity index (χ3n) is 6.06. The van der Waals surface area contributed by atoms with E-state index in [2.05, 4.69) is 62.3 Å². The van der Waals surface area contributed by atoms with Gasteiger partial charge in [0, 0.05) is 28.9 Å². The van der Waals surface area contributed by atoms with Crippen molar-refractivity contribution in [3.63, 3.8) is 0 Å². The Bertz CT molecular complexity index is 1050. The highest BCUT2D eigenvalue weighted by Gasteiger charge is 2.37. The first-order valence-electron chi connectivity index (χ1n) is 10.8. The van der Waals surface area contributed by atoms with Crippen LogP contribution in [0.2, 0.25) is 0 Å². The Kier molecular flexibility index (Phi) is 5.87. The molecule has 2 atom stereocenters. The van der Waals surface area contributed by atoms with Crippen LogP contribution >= 0.6 is 11.8 Å². The Morgan fingerprint density at radius 1 is 1.13 bits per heavy atom. The fourth-order valence-electron chi connectivity index (χ4n) is 4.18. The summed E-state index contributed by atoms with van der Waals surface area (Å²) in [4.78, 5) is 33.9. The Morgan fingerprint density at radius 2 is 1.87 bits per heavy atom. The zero-order valence-corrected chi connectivity index (χ0v) is 18.9. The second-order valence-corrected chi connectivity index (χ2v) is 9.95. The van der Waals surface area contributed by atoms with Gasteiger partial charge in [0.15, 0.2) is 10.9 Å². The van der Waals surface area contributed by atoms with Crippen molar-refractivity contribution in [1.29, 1.82) is 0 Å². The van der Waals surface area contributed by atoms with Crippen molar-refractivity contribution < 1.29 is 4.79 Å². The number of benzene rings is 1. The summed E-state index contributed by atoms with van der Waals surface area (Å²) in [7, 11) is 0. The van der Waals surface area contributed by atoms with E-state index < -0.39 is 0 Å². The highest BCUT2D eigenvalue weighted by Crippen LogP contribution is 2.43. The summed E-state index contributed by atoms with van der Waals surface area (Å²) in [6.45, 7) is 8.56. The van der Waals surface area contributed by atoms with Gasteiger partial charge in [0.2, 0.25) is 0 Å². The van der Waals surface area contributed by atoms with E-state index in [4.69, 9.17) is 4.98 Å². The molecule has 2 aliphatic rings. The van der Waals surface area contributed by atoms with Crippen molar-refractivity contribution in [2.45, 2.75) is 75.6 Å². The molecule has 0 spiro atoms. The molecule has 6 heteroatoms. The van der Waals surface area contributed by atoms with Gasteiger partial charge in [-0.25, -0.2) is 4.98 Å². The maximum absolute atomic E-state index is 13.2. The van der Waals surface area contributed by atoms with Crippen LogP contribution in [0.25, 0.3) is 0 Å². The fourth-order valence-corrected chi connectivity index (χ4v) is 5.02. The van der Waals surface area contributed by atoms with Gasteiger partial charge in [0.1, 0.15) is 5.82 Å². The molecule has 1 aliphatic carbocycles. The van der Waals surface area contributed by atoms with E-state index in [0.717, 1.165) is 36.1 Å². The van der Waals surface area contributed by atoms with Crippen LogP contribution in [0.1, 0.15) is 81.9 Å². The minimum absolute atomic E-state index is 0.129. The molecule has 1 aromatic heterocycles. The number of nitrogens with one attached hydrogen (secondary N) is 2. The van der Waals surface area contributed by atoms with E-state index in [9.17, 15) is 9.59 Å². The van der Waals surface area contributed by atoms with Crippen LogP contribution < -0.4 is 10.9 Å². The lowest BCUT2D eigenvalue weighted by molar-refractivity contribution is -0.116. The Labute approximate surface area is 181 Å². The highest BCUT2D eigenvalue weighted by molar-refractivity contribution is 7.99.